The van der Waals surface area contributed by atoms with E-state index < -0.39 is 12.1 Å². The molecule has 1 heterocycles. The zero-order valence-corrected chi connectivity index (χ0v) is 12.3. The highest BCUT2D eigenvalue weighted by Crippen LogP contribution is 2.37. The highest BCUT2D eigenvalue weighted by molar-refractivity contribution is 5.34. The molecular weight excluding hydrogens is 279 g/mol. The minimum atomic E-state index is -4.09. The summed E-state index contributed by atoms with van der Waals surface area (Å²) in [4.78, 5) is 0. The van der Waals surface area contributed by atoms with Gasteiger partial charge in [-0.25, -0.2) is 0 Å². The molecule has 1 saturated carbocycles. The van der Waals surface area contributed by atoms with Crippen LogP contribution in [0.5, 0.6) is 0 Å². The summed E-state index contributed by atoms with van der Waals surface area (Å²) in [5.41, 5.74) is 2.52. The van der Waals surface area contributed by atoms with E-state index in [1.165, 1.54) is 0 Å². The number of nitrogens with one attached hydrogen (secondary N) is 1. The van der Waals surface area contributed by atoms with Gasteiger partial charge in [-0.05, 0) is 37.8 Å². The van der Waals surface area contributed by atoms with Crippen molar-refractivity contribution < 1.29 is 13.2 Å². The topological polar surface area (TPSA) is 40.8 Å². The van der Waals surface area contributed by atoms with Crippen molar-refractivity contribution in [2.24, 2.45) is 13.0 Å². The molecule has 0 bridgehead atoms. The molecule has 2 atom stereocenters. The van der Waals surface area contributed by atoms with E-state index in [9.17, 15) is 13.2 Å². The van der Waals surface area contributed by atoms with Crippen molar-refractivity contribution in [3.8, 4) is 6.07 Å². The standard InChI is InChI=1S/C15H20F3N3/c1-10-11(6-14(8-19)21(10)2)9-20-13-5-3-4-12(7-13)15(16,17)18/h6,12-13,20H,3-5,7,9H2,1-2H3/t12-,13+/m1/s1. The summed E-state index contributed by atoms with van der Waals surface area (Å²) in [5, 5.41) is 12.2. The van der Waals surface area contributed by atoms with Crippen LogP contribution < -0.4 is 5.32 Å². The van der Waals surface area contributed by atoms with Gasteiger partial charge in [0.25, 0.3) is 0 Å². The van der Waals surface area contributed by atoms with Crippen molar-refractivity contribution in [3.05, 3.63) is 23.0 Å². The first-order chi connectivity index (χ1) is 9.82. The minimum Gasteiger partial charge on any atom is -0.340 e. The molecule has 1 fully saturated rings. The molecule has 1 N–H and O–H groups in total. The molecule has 0 aliphatic heterocycles. The van der Waals surface area contributed by atoms with Crippen LogP contribution in [0.1, 0.15) is 42.6 Å². The Morgan fingerprint density at radius 1 is 1.43 bits per heavy atom. The Balaban J connectivity index is 1.96. The smallest absolute Gasteiger partial charge is 0.340 e. The lowest BCUT2D eigenvalue weighted by molar-refractivity contribution is -0.183. The third kappa shape index (κ3) is 3.59. The zero-order chi connectivity index (χ0) is 15.6. The molecule has 0 unspecified atom stereocenters. The van der Waals surface area contributed by atoms with Gasteiger partial charge in [0.2, 0.25) is 0 Å². The monoisotopic (exact) mass is 299 g/mol. The molecule has 0 aromatic carbocycles. The largest absolute Gasteiger partial charge is 0.391 e. The first-order valence-corrected chi connectivity index (χ1v) is 7.18. The summed E-state index contributed by atoms with van der Waals surface area (Å²) >= 11 is 0. The van der Waals surface area contributed by atoms with Crippen molar-refractivity contribution in [3.63, 3.8) is 0 Å². The summed E-state index contributed by atoms with van der Waals surface area (Å²) < 4.78 is 40.1. The van der Waals surface area contributed by atoms with Crippen LogP contribution in [0.3, 0.4) is 0 Å². The number of hydrogen-bond acceptors (Lipinski definition) is 2. The van der Waals surface area contributed by atoms with E-state index in [-0.39, 0.29) is 18.9 Å². The molecule has 2 rings (SSSR count). The Kier molecular flexibility index (Phi) is 4.62. The van der Waals surface area contributed by atoms with Crippen LogP contribution in [0.15, 0.2) is 6.07 Å². The minimum absolute atomic E-state index is 0.101. The van der Waals surface area contributed by atoms with Crippen LogP contribution in [0, 0.1) is 24.2 Å². The van der Waals surface area contributed by atoms with E-state index in [0.717, 1.165) is 17.7 Å². The van der Waals surface area contributed by atoms with Crippen LogP contribution in [-0.2, 0) is 13.6 Å². The van der Waals surface area contributed by atoms with E-state index in [1.807, 2.05) is 14.0 Å². The van der Waals surface area contributed by atoms with Crippen LogP contribution in [0.4, 0.5) is 13.2 Å². The van der Waals surface area contributed by atoms with Gasteiger partial charge in [0.15, 0.2) is 0 Å². The average molecular weight is 299 g/mol. The predicted molar refractivity (Wildman–Crippen MR) is 73.5 cm³/mol. The molecule has 6 heteroatoms. The highest BCUT2D eigenvalue weighted by atomic mass is 19.4. The Hall–Kier alpha value is -1.48. The maximum absolute atomic E-state index is 12.8. The number of rotatable bonds is 3. The summed E-state index contributed by atoms with van der Waals surface area (Å²) in [7, 11) is 1.82. The fourth-order valence-electron chi connectivity index (χ4n) is 2.98. The molecule has 0 spiro atoms. The number of halogens is 3. The first kappa shape index (κ1) is 15.9. The van der Waals surface area contributed by atoms with E-state index >= 15 is 0 Å². The first-order valence-electron chi connectivity index (χ1n) is 7.18. The second-order valence-electron chi connectivity index (χ2n) is 5.79. The number of nitriles is 1. The summed E-state index contributed by atoms with van der Waals surface area (Å²) in [6.45, 7) is 2.42. The number of aromatic nitrogens is 1. The number of nitrogens with zero attached hydrogens (tertiary/aromatic N) is 2. The van der Waals surface area contributed by atoms with Gasteiger partial charge in [-0.1, -0.05) is 6.42 Å². The highest BCUT2D eigenvalue weighted by Gasteiger charge is 2.41. The molecule has 1 aromatic rings. The maximum atomic E-state index is 12.8. The van der Waals surface area contributed by atoms with Crippen LogP contribution >= 0.6 is 0 Å². The molecule has 3 nitrogen and oxygen atoms in total. The second-order valence-corrected chi connectivity index (χ2v) is 5.79. The molecule has 1 aliphatic rings. The van der Waals surface area contributed by atoms with Gasteiger partial charge in [0, 0.05) is 25.3 Å². The normalized spacial score (nSPS) is 23.0. The quantitative estimate of drug-likeness (QED) is 0.929. The number of alkyl halides is 3. The van der Waals surface area contributed by atoms with E-state index in [4.69, 9.17) is 5.26 Å². The molecule has 0 radical (unpaired) electrons. The van der Waals surface area contributed by atoms with Gasteiger partial charge < -0.3 is 9.88 Å². The van der Waals surface area contributed by atoms with Crippen LogP contribution in [0.25, 0.3) is 0 Å². The van der Waals surface area contributed by atoms with Gasteiger partial charge in [-0.15, -0.1) is 0 Å². The van der Waals surface area contributed by atoms with Crippen LogP contribution in [0.2, 0.25) is 0 Å². The Bertz CT molecular complexity index is 540. The van der Waals surface area contributed by atoms with Gasteiger partial charge in [0.1, 0.15) is 11.8 Å². The number of hydrogen-bond donors (Lipinski definition) is 1. The van der Waals surface area contributed by atoms with E-state index in [0.29, 0.717) is 18.7 Å². The summed E-state index contributed by atoms with van der Waals surface area (Å²) in [5.74, 6) is -1.18. The third-order valence-corrected chi connectivity index (χ3v) is 4.47. The molecule has 0 amide bonds. The van der Waals surface area contributed by atoms with Crippen molar-refractivity contribution in [1.82, 2.24) is 9.88 Å². The van der Waals surface area contributed by atoms with Crippen LogP contribution in [-0.4, -0.2) is 16.8 Å². The van der Waals surface area contributed by atoms with Gasteiger partial charge in [0.05, 0.1) is 5.92 Å². The Labute approximate surface area is 122 Å². The maximum Gasteiger partial charge on any atom is 0.391 e. The van der Waals surface area contributed by atoms with Crippen molar-refractivity contribution in [2.45, 2.75) is 51.4 Å². The lowest BCUT2D eigenvalue weighted by Crippen LogP contribution is -2.38. The van der Waals surface area contributed by atoms with Gasteiger partial charge in [-0.3, -0.25) is 0 Å². The Morgan fingerprint density at radius 2 is 2.14 bits per heavy atom. The van der Waals surface area contributed by atoms with Gasteiger partial charge in [-0.2, -0.15) is 18.4 Å². The fourth-order valence-corrected chi connectivity index (χ4v) is 2.98. The molecule has 0 saturated heterocycles. The van der Waals surface area contributed by atoms with E-state index in [1.54, 1.807) is 10.6 Å². The SMILES string of the molecule is Cc1c(CN[C@H]2CCC[C@@H](C(F)(F)F)C2)cc(C#N)n1C. The van der Waals surface area contributed by atoms with Gasteiger partial charge >= 0.3 is 6.18 Å². The molecule has 1 aliphatic carbocycles. The summed E-state index contributed by atoms with van der Waals surface area (Å²) in [6, 6.07) is 3.80. The molecular formula is C15H20F3N3. The van der Waals surface area contributed by atoms with Crippen molar-refractivity contribution in [1.29, 1.82) is 5.26 Å². The average Bonchev–Trinajstić information content (AvgIpc) is 2.72. The lowest BCUT2D eigenvalue weighted by Gasteiger charge is -2.31. The second kappa shape index (κ2) is 6.10. The Morgan fingerprint density at radius 3 is 2.71 bits per heavy atom. The molecule has 1 aromatic heterocycles. The fraction of sp³-hybridized carbons (Fsp3) is 0.667. The summed E-state index contributed by atoms with van der Waals surface area (Å²) in [6.07, 6.45) is -2.30. The van der Waals surface area contributed by atoms with Crippen molar-refractivity contribution >= 4 is 0 Å². The lowest BCUT2D eigenvalue weighted by atomic mass is 9.85. The predicted octanol–water partition coefficient (Wildman–Crippen LogP) is 3.42. The third-order valence-electron chi connectivity index (χ3n) is 4.47. The van der Waals surface area contributed by atoms with E-state index in [2.05, 4.69) is 11.4 Å². The molecule has 21 heavy (non-hydrogen) atoms. The zero-order valence-electron chi connectivity index (χ0n) is 12.3. The van der Waals surface area contributed by atoms with Crippen molar-refractivity contribution in [2.75, 3.05) is 0 Å². The molecule has 116 valence electrons.